The number of hydrogen-bond acceptors (Lipinski definition) is 1. The Morgan fingerprint density at radius 1 is 1.14 bits per heavy atom. The van der Waals surface area contributed by atoms with Crippen LogP contribution in [0.2, 0.25) is 5.02 Å². The summed E-state index contributed by atoms with van der Waals surface area (Å²) in [6.07, 6.45) is 0. The Morgan fingerprint density at radius 2 is 1.81 bits per heavy atom. The van der Waals surface area contributed by atoms with Gasteiger partial charge in [0, 0.05) is 5.88 Å². The van der Waals surface area contributed by atoms with Gasteiger partial charge in [0.25, 0.3) is 5.91 Å². The molecule has 110 valence electrons. The smallest absolute Gasteiger partial charge is 0.253 e. The van der Waals surface area contributed by atoms with E-state index in [2.05, 4.69) is 5.32 Å². The van der Waals surface area contributed by atoms with Crippen molar-refractivity contribution in [3.05, 3.63) is 70.2 Å². The van der Waals surface area contributed by atoms with Gasteiger partial charge in [0.1, 0.15) is 0 Å². The minimum Gasteiger partial charge on any atom is -0.342 e. The number of amides is 1. The summed E-state index contributed by atoms with van der Waals surface area (Å²) >= 11 is 12.3. The van der Waals surface area contributed by atoms with E-state index >= 15 is 0 Å². The van der Waals surface area contributed by atoms with Crippen molar-refractivity contribution < 1.29 is 4.79 Å². The monoisotopic (exact) mass is 321 g/mol. The highest BCUT2D eigenvalue weighted by atomic mass is 35.5. The average Bonchev–Trinajstić information content (AvgIpc) is 2.50. The normalized spacial score (nSPS) is 13.5. The van der Waals surface area contributed by atoms with Gasteiger partial charge in [-0.3, -0.25) is 4.79 Å². The van der Waals surface area contributed by atoms with Crippen molar-refractivity contribution in [1.82, 2.24) is 5.32 Å². The number of alkyl halides is 1. The van der Waals surface area contributed by atoms with E-state index in [-0.39, 0.29) is 11.8 Å². The first-order valence-corrected chi connectivity index (χ1v) is 7.58. The molecule has 0 saturated heterocycles. The van der Waals surface area contributed by atoms with Gasteiger partial charge in [0.2, 0.25) is 0 Å². The van der Waals surface area contributed by atoms with E-state index in [1.54, 1.807) is 6.07 Å². The summed E-state index contributed by atoms with van der Waals surface area (Å²) < 4.78 is 0. The molecule has 1 atom stereocenters. The van der Waals surface area contributed by atoms with Crippen molar-refractivity contribution in [3.8, 4) is 0 Å². The summed E-state index contributed by atoms with van der Waals surface area (Å²) in [4.78, 5) is 12.5. The van der Waals surface area contributed by atoms with Gasteiger partial charge in [-0.05, 0) is 31.0 Å². The Labute approximate surface area is 135 Å². The van der Waals surface area contributed by atoms with Crippen molar-refractivity contribution in [1.29, 1.82) is 0 Å². The fourth-order valence-corrected chi connectivity index (χ4v) is 2.56. The zero-order valence-electron chi connectivity index (χ0n) is 12.0. The van der Waals surface area contributed by atoms with E-state index in [4.69, 9.17) is 23.2 Å². The topological polar surface area (TPSA) is 29.1 Å². The first-order chi connectivity index (χ1) is 9.98. The van der Waals surface area contributed by atoms with Gasteiger partial charge in [0.15, 0.2) is 0 Å². The van der Waals surface area contributed by atoms with Gasteiger partial charge in [-0.25, -0.2) is 0 Å². The zero-order valence-corrected chi connectivity index (χ0v) is 13.5. The Balaban J connectivity index is 2.30. The molecule has 0 aliphatic rings. The highest BCUT2D eigenvalue weighted by molar-refractivity contribution is 6.34. The van der Waals surface area contributed by atoms with Crippen LogP contribution < -0.4 is 5.32 Å². The molecule has 0 saturated carbocycles. The zero-order chi connectivity index (χ0) is 15.5. The van der Waals surface area contributed by atoms with E-state index in [0.29, 0.717) is 10.6 Å². The molecule has 2 nitrogen and oxygen atoms in total. The van der Waals surface area contributed by atoms with E-state index in [9.17, 15) is 4.79 Å². The van der Waals surface area contributed by atoms with Gasteiger partial charge < -0.3 is 5.32 Å². The summed E-state index contributed by atoms with van der Waals surface area (Å²) in [6.45, 7) is 3.77. The second-order valence-electron chi connectivity index (χ2n) is 5.22. The lowest BCUT2D eigenvalue weighted by Gasteiger charge is -2.29. The lowest BCUT2D eigenvalue weighted by atomic mass is 9.93. The molecular weight excluding hydrogens is 305 g/mol. The molecular formula is C17H17Cl2NO. The number of benzene rings is 2. The molecule has 0 heterocycles. The van der Waals surface area contributed by atoms with Crippen molar-refractivity contribution in [2.75, 3.05) is 5.88 Å². The molecule has 4 heteroatoms. The van der Waals surface area contributed by atoms with Crippen LogP contribution in [0.3, 0.4) is 0 Å². The molecule has 2 rings (SSSR count). The Kier molecular flexibility index (Phi) is 4.92. The number of carbonyl (C=O) groups excluding carboxylic acids is 1. The quantitative estimate of drug-likeness (QED) is 0.823. The predicted octanol–water partition coefficient (Wildman–Crippen LogP) is 4.53. The van der Waals surface area contributed by atoms with Crippen LogP contribution in [0.5, 0.6) is 0 Å². The van der Waals surface area contributed by atoms with Crippen LogP contribution in [0.15, 0.2) is 48.5 Å². The fraction of sp³-hybridized carbons (Fsp3) is 0.235. The fourth-order valence-electron chi connectivity index (χ4n) is 2.13. The second kappa shape index (κ2) is 6.50. The number of hydrogen-bond donors (Lipinski definition) is 1. The number of carbonyl (C=O) groups is 1. The van der Waals surface area contributed by atoms with Crippen LogP contribution in [0.4, 0.5) is 0 Å². The van der Waals surface area contributed by atoms with Gasteiger partial charge in [-0.2, -0.15) is 0 Å². The predicted molar refractivity (Wildman–Crippen MR) is 88.2 cm³/mol. The summed E-state index contributed by atoms with van der Waals surface area (Å²) in [5.41, 5.74) is 1.64. The molecule has 0 aliphatic carbocycles. The Morgan fingerprint density at radius 3 is 2.43 bits per heavy atom. The van der Waals surface area contributed by atoms with Crippen molar-refractivity contribution in [2.45, 2.75) is 19.4 Å². The number of aryl methyl sites for hydroxylation is 1. The molecule has 2 aromatic rings. The molecule has 1 amide bonds. The molecule has 0 bridgehead atoms. The van der Waals surface area contributed by atoms with Gasteiger partial charge >= 0.3 is 0 Å². The highest BCUT2D eigenvalue weighted by Gasteiger charge is 2.28. The molecule has 0 fully saturated rings. The summed E-state index contributed by atoms with van der Waals surface area (Å²) in [5.74, 6) is 0.0438. The van der Waals surface area contributed by atoms with Crippen molar-refractivity contribution in [2.24, 2.45) is 0 Å². The third-order valence-electron chi connectivity index (χ3n) is 3.50. The largest absolute Gasteiger partial charge is 0.342 e. The second-order valence-corrected chi connectivity index (χ2v) is 5.87. The van der Waals surface area contributed by atoms with Crippen LogP contribution >= 0.6 is 23.2 Å². The number of halogens is 2. The number of nitrogens with one attached hydrogen (secondary N) is 1. The Bertz CT molecular complexity index is 642. The van der Waals surface area contributed by atoms with E-state index in [0.717, 1.165) is 11.1 Å². The molecule has 1 unspecified atom stereocenters. The molecule has 21 heavy (non-hydrogen) atoms. The highest BCUT2D eigenvalue weighted by Crippen LogP contribution is 2.25. The first-order valence-electron chi connectivity index (χ1n) is 6.67. The number of rotatable bonds is 4. The van der Waals surface area contributed by atoms with Crippen LogP contribution in [0.25, 0.3) is 0 Å². The molecule has 1 N–H and O–H groups in total. The maximum absolute atomic E-state index is 12.5. The molecule has 0 aromatic heterocycles. The summed E-state index contributed by atoms with van der Waals surface area (Å²) in [6, 6.07) is 15.1. The molecule has 0 aliphatic heterocycles. The van der Waals surface area contributed by atoms with E-state index < -0.39 is 5.54 Å². The van der Waals surface area contributed by atoms with Gasteiger partial charge in [-0.15, -0.1) is 11.6 Å². The lowest BCUT2D eigenvalue weighted by molar-refractivity contribution is 0.0913. The standard InChI is InChI=1S/C17H17Cl2NO/c1-12-7-6-10-14(15(12)19)16(21)20-17(2,11-18)13-8-4-3-5-9-13/h3-10H,11H2,1-2H3,(H,20,21). The third kappa shape index (κ3) is 3.39. The van der Waals surface area contributed by atoms with Crippen LogP contribution in [-0.2, 0) is 5.54 Å². The van der Waals surface area contributed by atoms with Crippen LogP contribution in [-0.4, -0.2) is 11.8 Å². The molecule has 0 radical (unpaired) electrons. The van der Waals surface area contributed by atoms with Gasteiger partial charge in [-0.1, -0.05) is 54.1 Å². The molecule has 0 spiro atoms. The SMILES string of the molecule is Cc1cccc(C(=O)NC(C)(CCl)c2ccccc2)c1Cl. The maximum Gasteiger partial charge on any atom is 0.253 e. The Hall–Kier alpha value is -1.51. The van der Waals surface area contributed by atoms with Gasteiger partial charge in [0.05, 0.1) is 16.1 Å². The lowest BCUT2D eigenvalue weighted by Crippen LogP contribution is -2.45. The van der Waals surface area contributed by atoms with Crippen molar-refractivity contribution in [3.63, 3.8) is 0 Å². The molecule has 2 aromatic carbocycles. The maximum atomic E-state index is 12.5. The third-order valence-corrected chi connectivity index (χ3v) is 4.54. The summed E-state index contributed by atoms with van der Waals surface area (Å²) in [5, 5.41) is 3.46. The van der Waals surface area contributed by atoms with Crippen molar-refractivity contribution >= 4 is 29.1 Å². The average molecular weight is 322 g/mol. The first kappa shape index (κ1) is 15.9. The van der Waals surface area contributed by atoms with E-state index in [1.165, 1.54) is 0 Å². The minimum atomic E-state index is -0.646. The van der Waals surface area contributed by atoms with Crippen LogP contribution in [0.1, 0.15) is 28.4 Å². The van der Waals surface area contributed by atoms with E-state index in [1.807, 2.05) is 56.3 Å². The summed E-state index contributed by atoms with van der Waals surface area (Å²) in [7, 11) is 0. The minimum absolute atomic E-state index is 0.226. The van der Waals surface area contributed by atoms with Crippen LogP contribution in [0, 0.1) is 6.92 Å².